The van der Waals surface area contributed by atoms with Crippen LogP contribution >= 0.6 is 11.3 Å². The predicted octanol–water partition coefficient (Wildman–Crippen LogP) is 3.48. The number of halogens is 1. The topological polar surface area (TPSA) is 46.6 Å². The molecule has 1 aromatic carbocycles. The third-order valence-electron chi connectivity index (χ3n) is 3.20. The molecule has 122 valence electrons. The molecule has 4 nitrogen and oxygen atoms in total. The quantitative estimate of drug-likeness (QED) is 0.728. The lowest BCUT2D eigenvalue weighted by atomic mass is 10.2. The normalized spacial score (nSPS) is 10.3. The molecule has 2 rings (SSSR count). The Hall–Kier alpha value is -2.21. The van der Waals surface area contributed by atoms with E-state index in [1.807, 2.05) is 5.38 Å². The fourth-order valence-corrected chi connectivity index (χ4v) is 2.77. The Morgan fingerprint density at radius 3 is 2.57 bits per heavy atom. The highest BCUT2D eigenvalue weighted by atomic mass is 32.1. The minimum Gasteiger partial charge on any atom is -0.466 e. The Morgan fingerprint density at radius 1 is 1.22 bits per heavy atom. The molecule has 0 aliphatic heterocycles. The van der Waals surface area contributed by atoms with Crippen molar-refractivity contribution in [3.05, 3.63) is 58.0 Å². The van der Waals surface area contributed by atoms with Gasteiger partial charge in [-0.1, -0.05) is 18.2 Å². The number of amides is 1. The SMILES string of the molecule is CCOC(=O)CCN(Cc1ccc(F)cc1)C(=O)c1cccs1. The van der Waals surface area contributed by atoms with E-state index in [9.17, 15) is 14.0 Å². The second kappa shape index (κ2) is 8.43. The Morgan fingerprint density at radius 2 is 1.96 bits per heavy atom. The fourth-order valence-electron chi connectivity index (χ4n) is 2.08. The van der Waals surface area contributed by atoms with Gasteiger partial charge in [-0.05, 0) is 36.1 Å². The van der Waals surface area contributed by atoms with E-state index in [1.54, 1.807) is 36.1 Å². The van der Waals surface area contributed by atoms with E-state index in [-0.39, 0.29) is 30.7 Å². The monoisotopic (exact) mass is 335 g/mol. The van der Waals surface area contributed by atoms with E-state index < -0.39 is 0 Å². The zero-order valence-electron chi connectivity index (χ0n) is 12.8. The first-order valence-corrected chi connectivity index (χ1v) is 8.21. The first-order valence-electron chi connectivity index (χ1n) is 7.33. The summed E-state index contributed by atoms with van der Waals surface area (Å²) in [5.74, 6) is -0.805. The summed E-state index contributed by atoms with van der Waals surface area (Å²) in [4.78, 5) is 26.3. The van der Waals surface area contributed by atoms with Gasteiger partial charge in [0.25, 0.3) is 5.91 Å². The van der Waals surface area contributed by atoms with Gasteiger partial charge in [0.05, 0.1) is 17.9 Å². The van der Waals surface area contributed by atoms with Crippen molar-refractivity contribution in [2.75, 3.05) is 13.2 Å². The highest BCUT2D eigenvalue weighted by Gasteiger charge is 2.18. The van der Waals surface area contributed by atoms with Crippen molar-refractivity contribution in [1.82, 2.24) is 4.90 Å². The molecule has 0 unspecified atom stereocenters. The number of carbonyl (C=O) groups is 2. The van der Waals surface area contributed by atoms with Gasteiger partial charge in [-0.25, -0.2) is 4.39 Å². The third kappa shape index (κ3) is 5.17. The van der Waals surface area contributed by atoms with Crippen molar-refractivity contribution in [3.8, 4) is 0 Å². The molecule has 1 heterocycles. The molecule has 6 heteroatoms. The summed E-state index contributed by atoms with van der Waals surface area (Å²) >= 11 is 1.35. The van der Waals surface area contributed by atoms with Gasteiger partial charge in [0.15, 0.2) is 0 Å². The molecule has 0 radical (unpaired) electrons. The highest BCUT2D eigenvalue weighted by Crippen LogP contribution is 2.15. The Kier molecular flexibility index (Phi) is 6.29. The maximum Gasteiger partial charge on any atom is 0.307 e. The van der Waals surface area contributed by atoms with Crippen LogP contribution in [0, 0.1) is 5.82 Å². The second-order valence-electron chi connectivity index (χ2n) is 4.89. The van der Waals surface area contributed by atoms with Gasteiger partial charge >= 0.3 is 5.97 Å². The van der Waals surface area contributed by atoms with Gasteiger partial charge < -0.3 is 9.64 Å². The largest absolute Gasteiger partial charge is 0.466 e. The van der Waals surface area contributed by atoms with Gasteiger partial charge in [0.2, 0.25) is 0 Å². The van der Waals surface area contributed by atoms with Crippen LogP contribution in [0.4, 0.5) is 4.39 Å². The van der Waals surface area contributed by atoms with Crippen molar-refractivity contribution in [1.29, 1.82) is 0 Å². The summed E-state index contributed by atoms with van der Waals surface area (Å²) in [6, 6.07) is 9.53. The van der Waals surface area contributed by atoms with Gasteiger partial charge in [-0.3, -0.25) is 9.59 Å². The Bertz CT molecular complexity index is 640. The van der Waals surface area contributed by atoms with E-state index in [1.165, 1.54) is 23.5 Å². The molecule has 2 aromatic rings. The number of rotatable bonds is 7. The molecule has 0 bridgehead atoms. The van der Waals surface area contributed by atoms with Crippen molar-refractivity contribution >= 4 is 23.2 Å². The lowest BCUT2D eigenvalue weighted by molar-refractivity contribution is -0.143. The summed E-state index contributed by atoms with van der Waals surface area (Å²) < 4.78 is 17.9. The molecule has 23 heavy (non-hydrogen) atoms. The molecule has 1 aromatic heterocycles. The average Bonchev–Trinajstić information content (AvgIpc) is 3.07. The lowest BCUT2D eigenvalue weighted by Crippen LogP contribution is -2.32. The Balaban J connectivity index is 2.08. The van der Waals surface area contributed by atoms with Crippen molar-refractivity contribution in [3.63, 3.8) is 0 Å². The minimum absolute atomic E-state index is 0.131. The van der Waals surface area contributed by atoms with Crippen LogP contribution in [0.2, 0.25) is 0 Å². The number of hydrogen-bond acceptors (Lipinski definition) is 4. The van der Waals surface area contributed by atoms with Crippen molar-refractivity contribution in [2.45, 2.75) is 19.9 Å². The number of ether oxygens (including phenoxy) is 1. The van der Waals surface area contributed by atoms with E-state index in [0.29, 0.717) is 18.0 Å². The van der Waals surface area contributed by atoms with Crippen LogP contribution in [0.3, 0.4) is 0 Å². The minimum atomic E-state index is -0.337. The van der Waals surface area contributed by atoms with Crippen LogP contribution in [-0.2, 0) is 16.1 Å². The van der Waals surface area contributed by atoms with Crippen LogP contribution in [0.5, 0.6) is 0 Å². The third-order valence-corrected chi connectivity index (χ3v) is 4.05. The van der Waals surface area contributed by atoms with Crippen LogP contribution < -0.4 is 0 Å². The molecule has 0 atom stereocenters. The smallest absolute Gasteiger partial charge is 0.307 e. The van der Waals surface area contributed by atoms with Gasteiger partial charge in [-0.15, -0.1) is 11.3 Å². The number of thiophene rings is 1. The zero-order valence-corrected chi connectivity index (χ0v) is 13.6. The molecular weight excluding hydrogens is 317 g/mol. The molecule has 1 amide bonds. The predicted molar refractivity (Wildman–Crippen MR) is 86.7 cm³/mol. The molecule has 0 fully saturated rings. The number of carbonyl (C=O) groups excluding carboxylic acids is 2. The van der Waals surface area contributed by atoms with Gasteiger partial charge in [0, 0.05) is 13.1 Å². The van der Waals surface area contributed by atoms with E-state index in [0.717, 1.165) is 5.56 Å². The number of nitrogens with zero attached hydrogens (tertiary/aromatic N) is 1. The first kappa shape index (κ1) is 17.1. The summed E-state index contributed by atoms with van der Waals surface area (Å²) in [5.41, 5.74) is 0.806. The van der Waals surface area contributed by atoms with E-state index in [4.69, 9.17) is 4.74 Å². The molecule has 0 aliphatic carbocycles. The van der Waals surface area contributed by atoms with Gasteiger partial charge in [0.1, 0.15) is 5.82 Å². The molecule has 0 N–H and O–H groups in total. The summed E-state index contributed by atoms with van der Waals surface area (Å²) in [5, 5.41) is 1.83. The summed E-state index contributed by atoms with van der Waals surface area (Å²) in [7, 11) is 0. The zero-order chi connectivity index (χ0) is 16.7. The van der Waals surface area contributed by atoms with E-state index in [2.05, 4.69) is 0 Å². The standard InChI is InChI=1S/C17H18FNO3S/c1-2-22-16(20)9-10-19(17(21)15-4-3-11-23-15)12-13-5-7-14(18)8-6-13/h3-8,11H,2,9-10,12H2,1H3. The maximum absolute atomic E-state index is 13.0. The lowest BCUT2D eigenvalue weighted by Gasteiger charge is -2.22. The Labute approximate surface area is 138 Å². The van der Waals surface area contributed by atoms with Crippen LogP contribution in [0.15, 0.2) is 41.8 Å². The van der Waals surface area contributed by atoms with Crippen LogP contribution in [0.1, 0.15) is 28.6 Å². The van der Waals surface area contributed by atoms with Crippen molar-refractivity contribution in [2.24, 2.45) is 0 Å². The van der Waals surface area contributed by atoms with Crippen molar-refractivity contribution < 1.29 is 18.7 Å². The fraction of sp³-hybridized carbons (Fsp3) is 0.294. The summed E-state index contributed by atoms with van der Waals surface area (Å²) in [6.45, 7) is 2.63. The maximum atomic E-state index is 13.0. The number of benzene rings is 1. The molecule has 0 spiro atoms. The second-order valence-corrected chi connectivity index (χ2v) is 5.83. The average molecular weight is 335 g/mol. The molecule has 0 saturated carbocycles. The molecule has 0 aliphatic rings. The molecule has 0 saturated heterocycles. The summed E-state index contributed by atoms with van der Waals surface area (Å²) in [6.07, 6.45) is 0.131. The van der Waals surface area contributed by atoms with Crippen LogP contribution in [0.25, 0.3) is 0 Å². The van der Waals surface area contributed by atoms with Gasteiger partial charge in [-0.2, -0.15) is 0 Å². The number of esters is 1. The van der Waals surface area contributed by atoms with Crippen LogP contribution in [-0.4, -0.2) is 29.9 Å². The highest BCUT2D eigenvalue weighted by molar-refractivity contribution is 7.12. The first-order chi connectivity index (χ1) is 11.1. The number of hydrogen-bond donors (Lipinski definition) is 0. The van der Waals surface area contributed by atoms with E-state index >= 15 is 0 Å². The molecular formula is C17H18FNO3S.